The first-order chi connectivity index (χ1) is 10.6. The molecule has 0 fully saturated rings. The second-order valence-electron chi connectivity index (χ2n) is 5.72. The first kappa shape index (κ1) is 19.2. The van der Waals surface area contributed by atoms with Crippen molar-refractivity contribution in [2.45, 2.75) is 32.9 Å². The maximum atomic E-state index is 14.1. The molecule has 6 nitrogen and oxygen atoms in total. The smallest absolute Gasteiger partial charge is 0.412 e. The Morgan fingerprint density at radius 3 is 2.52 bits per heavy atom. The number of nitrogens with one attached hydrogen (secondary N) is 2. The Kier molecular flexibility index (Phi) is 6.78. The second-order valence-corrected chi connectivity index (χ2v) is 6.16. The van der Waals surface area contributed by atoms with Crippen molar-refractivity contribution in [3.8, 4) is 0 Å². The zero-order valence-electron chi connectivity index (χ0n) is 13.5. The number of amides is 1. The number of ether oxygens (including phenoxy) is 2. The predicted molar refractivity (Wildman–Crippen MR) is 85.0 cm³/mol. The van der Waals surface area contributed by atoms with Crippen molar-refractivity contribution in [3.63, 3.8) is 0 Å². The Morgan fingerprint density at radius 1 is 1.30 bits per heavy atom. The molecule has 0 aliphatic heterocycles. The van der Waals surface area contributed by atoms with E-state index in [0.29, 0.717) is 0 Å². The lowest BCUT2D eigenvalue weighted by molar-refractivity contribution is -0.139. The van der Waals surface area contributed by atoms with Crippen LogP contribution in [0.4, 0.5) is 14.9 Å². The lowest BCUT2D eigenvalue weighted by atomic mass is 10.1. The lowest BCUT2D eigenvalue weighted by Gasteiger charge is -2.20. The van der Waals surface area contributed by atoms with Crippen molar-refractivity contribution in [3.05, 3.63) is 28.5 Å². The van der Waals surface area contributed by atoms with Crippen LogP contribution in [0.5, 0.6) is 0 Å². The number of hydrogen-bond donors (Lipinski definition) is 2. The highest BCUT2D eigenvalue weighted by Crippen LogP contribution is 2.25. The highest BCUT2D eigenvalue weighted by Gasteiger charge is 2.19. The van der Waals surface area contributed by atoms with Crippen molar-refractivity contribution in [1.29, 1.82) is 0 Å². The molecule has 8 heteroatoms. The summed E-state index contributed by atoms with van der Waals surface area (Å²) in [4.78, 5) is 22.9. The van der Waals surface area contributed by atoms with E-state index in [4.69, 9.17) is 16.3 Å². The van der Waals surface area contributed by atoms with E-state index in [0.717, 1.165) is 6.07 Å². The normalized spacial score (nSPS) is 11.0. The third-order valence-corrected chi connectivity index (χ3v) is 2.81. The van der Waals surface area contributed by atoms with E-state index >= 15 is 0 Å². The van der Waals surface area contributed by atoms with Gasteiger partial charge in [0.15, 0.2) is 0 Å². The first-order valence-electron chi connectivity index (χ1n) is 6.88. The lowest BCUT2D eigenvalue weighted by Crippen LogP contribution is -2.28. The van der Waals surface area contributed by atoms with E-state index in [1.165, 1.54) is 13.2 Å². The zero-order valence-corrected chi connectivity index (χ0v) is 14.2. The minimum Gasteiger partial charge on any atom is -0.468 e. The van der Waals surface area contributed by atoms with E-state index in [1.54, 1.807) is 20.8 Å². The Balaban J connectivity index is 2.88. The molecule has 1 aromatic rings. The largest absolute Gasteiger partial charge is 0.468 e. The van der Waals surface area contributed by atoms with Crippen LogP contribution in [0.15, 0.2) is 12.1 Å². The van der Waals surface area contributed by atoms with E-state index in [9.17, 15) is 14.0 Å². The fourth-order valence-electron chi connectivity index (χ4n) is 1.67. The topological polar surface area (TPSA) is 76.7 Å². The molecule has 23 heavy (non-hydrogen) atoms. The van der Waals surface area contributed by atoms with Gasteiger partial charge in [0.25, 0.3) is 0 Å². The van der Waals surface area contributed by atoms with Crippen LogP contribution in [0.1, 0.15) is 26.3 Å². The summed E-state index contributed by atoms with van der Waals surface area (Å²) in [6.45, 7) is 5.05. The summed E-state index contributed by atoms with van der Waals surface area (Å²) in [6.07, 6.45) is -0.728. The molecule has 0 saturated heterocycles. The SMILES string of the molecule is COC(=O)CNCc1c(F)cc(Cl)cc1NC(=O)OC(C)(C)C. The standard InChI is InChI=1S/C15H20ClFN2O4/c1-15(2,3)23-14(21)19-12-6-9(16)5-11(17)10(12)7-18-8-13(20)22-4/h5-6,18H,7-8H2,1-4H3,(H,19,21). The fourth-order valence-corrected chi connectivity index (χ4v) is 1.87. The Morgan fingerprint density at radius 2 is 1.96 bits per heavy atom. The highest BCUT2D eigenvalue weighted by atomic mass is 35.5. The molecule has 2 N–H and O–H groups in total. The molecule has 1 aromatic carbocycles. The molecule has 1 amide bonds. The van der Waals surface area contributed by atoms with Crippen molar-refractivity contribution in [2.75, 3.05) is 19.0 Å². The molecule has 0 aromatic heterocycles. The summed E-state index contributed by atoms with van der Waals surface area (Å²) >= 11 is 5.82. The van der Waals surface area contributed by atoms with Gasteiger partial charge in [-0.25, -0.2) is 9.18 Å². The van der Waals surface area contributed by atoms with Gasteiger partial charge in [-0.05, 0) is 32.9 Å². The van der Waals surface area contributed by atoms with Gasteiger partial charge < -0.3 is 14.8 Å². The summed E-state index contributed by atoms with van der Waals surface area (Å²) in [5, 5.41) is 5.31. The summed E-state index contributed by atoms with van der Waals surface area (Å²) in [7, 11) is 1.25. The number of carbonyl (C=O) groups excluding carboxylic acids is 2. The number of carbonyl (C=O) groups is 2. The monoisotopic (exact) mass is 346 g/mol. The highest BCUT2D eigenvalue weighted by molar-refractivity contribution is 6.31. The van der Waals surface area contributed by atoms with Crippen LogP contribution >= 0.6 is 11.6 Å². The average molecular weight is 347 g/mol. The van der Waals surface area contributed by atoms with Crippen LogP contribution in [0.3, 0.4) is 0 Å². The Bertz CT molecular complexity index is 588. The third kappa shape index (κ3) is 6.83. The van der Waals surface area contributed by atoms with Gasteiger partial charge in [-0.3, -0.25) is 10.1 Å². The Labute approximate surface area is 139 Å². The second kappa shape index (κ2) is 8.12. The summed E-state index contributed by atoms with van der Waals surface area (Å²) in [6, 6.07) is 2.53. The van der Waals surface area contributed by atoms with Gasteiger partial charge in [-0.1, -0.05) is 11.6 Å². The molecule has 0 heterocycles. The quantitative estimate of drug-likeness (QED) is 0.801. The van der Waals surface area contributed by atoms with E-state index < -0.39 is 23.5 Å². The van der Waals surface area contributed by atoms with Crippen LogP contribution in [-0.4, -0.2) is 31.3 Å². The molecule has 128 valence electrons. The first-order valence-corrected chi connectivity index (χ1v) is 7.25. The molecule has 0 unspecified atom stereocenters. The van der Waals surface area contributed by atoms with Crippen molar-refractivity contribution in [2.24, 2.45) is 0 Å². The summed E-state index contributed by atoms with van der Waals surface area (Å²) < 4.78 is 23.7. The van der Waals surface area contributed by atoms with Crippen LogP contribution in [0.25, 0.3) is 0 Å². The van der Waals surface area contributed by atoms with Gasteiger partial charge in [-0.15, -0.1) is 0 Å². The maximum Gasteiger partial charge on any atom is 0.412 e. The Hall–Kier alpha value is -1.86. The molecular weight excluding hydrogens is 327 g/mol. The molecule has 0 spiro atoms. The molecule has 0 radical (unpaired) electrons. The van der Waals surface area contributed by atoms with Crippen molar-refractivity contribution < 1.29 is 23.5 Å². The molecule has 0 saturated carbocycles. The zero-order chi connectivity index (χ0) is 17.6. The number of hydrogen-bond acceptors (Lipinski definition) is 5. The number of anilines is 1. The predicted octanol–water partition coefficient (Wildman–Crippen LogP) is 3.09. The number of methoxy groups -OCH3 is 1. The van der Waals surface area contributed by atoms with Crippen LogP contribution < -0.4 is 10.6 Å². The summed E-state index contributed by atoms with van der Waals surface area (Å²) in [5.41, 5.74) is -0.365. The van der Waals surface area contributed by atoms with E-state index in [1.807, 2.05) is 0 Å². The summed E-state index contributed by atoms with van der Waals surface area (Å²) in [5.74, 6) is -1.10. The molecule has 1 rings (SSSR count). The number of benzene rings is 1. The van der Waals surface area contributed by atoms with Gasteiger partial charge in [0.1, 0.15) is 11.4 Å². The fraction of sp³-hybridized carbons (Fsp3) is 0.467. The molecule has 0 bridgehead atoms. The molecule has 0 aliphatic carbocycles. The van der Waals surface area contributed by atoms with Crippen molar-refractivity contribution >= 4 is 29.4 Å². The van der Waals surface area contributed by atoms with Crippen LogP contribution in [0.2, 0.25) is 5.02 Å². The van der Waals surface area contributed by atoms with Crippen molar-refractivity contribution in [1.82, 2.24) is 5.32 Å². The maximum absolute atomic E-state index is 14.1. The third-order valence-electron chi connectivity index (χ3n) is 2.59. The number of halogens is 2. The van der Waals surface area contributed by atoms with Gasteiger partial charge in [0.05, 0.1) is 19.3 Å². The minimum atomic E-state index is -0.728. The number of rotatable bonds is 5. The molecule has 0 aliphatic rings. The number of esters is 1. The van der Waals surface area contributed by atoms with E-state index in [2.05, 4.69) is 15.4 Å². The van der Waals surface area contributed by atoms with E-state index in [-0.39, 0.29) is 29.4 Å². The van der Waals surface area contributed by atoms with Gasteiger partial charge >= 0.3 is 12.1 Å². The van der Waals surface area contributed by atoms with Crippen LogP contribution in [0, 0.1) is 5.82 Å². The molecular formula is C15H20ClFN2O4. The molecule has 0 atom stereocenters. The van der Waals surface area contributed by atoms with Gasteiger partial charge in [0, 0.05) is 17.1 Å². The van der Waals surface area contributed by atoms with Gasteiger partial charge in [0.2, 0.25) is 0 Å². The van der Waals surface area contributed by atoms with Gasteiger partial charge in [-0.2, -0.15) is 0 Å². The average Bonchev–Trinajstić information content (AvgIpc) is 2.38. The minimum absolute atomic E-state index is 0.00321. The van der Waals surface area contributed by atoms with Crippen LogP contribution in [-0.2, 0) is 20.8 Å².